The van der Waals surface area contributed by atoms with Crippen molar-refractivity contribution in [2.45, 2.75) is 12.7 Å². The van der Waals surface area contributed by atoms with Gasteiger partial charge in [0.25, 0.3) is 5.91 Å². The van der Waals surface area contributed by atoms with Crippen LogP contribution in [0.2, 0.25) is 0 Å². The van der Waals surface area contributed by atoms with Gasteiger partial charge in [0.15, 0.2) is 5.69 Å². The van der Waals surface area contributed by atoms with Crippen molar-refractivity contribution < 1.29 is 22.7 Å². The Labute approximate surface area is 122 Å². The van der Waals surface area contributed by atoms with Crippen LogP contribution in [0.1, 0.15) is 20.9 Å². The first-order chi connectivity index (χ1) is 9.93. The third kappa shape index (κ3) is 3.52. The Morgan fingerprint density at radius 2 is 2.10 bits per heavy atom. The summed E-state index contributed by atoms with van der Waals surface area (Å²) in [6.07, 6.45) is -4.64. The predicted molar refractivity (Wildman–Crippen MR) is 71.3 cm³/mol. The highest BCUT2D eigenvalue weighted by atomic mass is 32.1. The highest BCUT2D eigenvalue weighted by Crippen LogP contribution is 2.32. The number of ether oxygens (including phenoxy) is 1. The van der Waals surface area contributed by atoms with Gasteiger partial charge in [-0.2, -0.15) is 13.2 Å². The summed E-state index contributed by atoms with van der Waals surface area (Å²) in [5.41, 5.74) is 0.511. The molecule has 1 heterocycles. The molecule has 0 aliphatic heterocycles. The average molecular weight is 316 g/mol. The Morgan fingerprint density at radius 3 is 2.76 bits per heavy atom. The molecule has 21 heavy (non-hydrogen) atoms. The molecule has 2 rings (SSSR count). The van der Waals surface area contributed by atoms with Gasteiger partial charge in [-0.3, -0.25) is 4.79 Å². The van der Waals surface area contributed by atoms with E-state index in [-0.39, 0.29) is 6.54 Å². The van der Waals surface area contributed by atoms with E-state index in [0.717, 1.165) is 5.51 Å². The number of aromatic nitrogens is 1. The minimum Gasteiger partial charge on any atom is -0.496 e. The number of alkyl halides is 3. The van der Waals surface area contributed by atoms with Crippen molar-refractivity contribution in [2.24, 2.45) is 0 Å². The summed E-state index contributed by atoms with van der Waals surface area (Å²) in [4.78, 5) is 14.6. The molecule has 0 atom stereocenters. The first-order valence-corrected chi connectivity index (χ1v) is 6.72. The van der Waals surface area contributed by atoms with E-state index in [4.69, 9.17) is 4.74 Å². The zero-order valence-corrected chi connectivity index (χ0v) is 11.7. The minimum absolute atomic E-state index is 0.0675. The van der Waals surface area contributed by atoms with E-state index < -0.39 is 22.7 Å². The van der Waals surface area contributed by atoms with Crippen LogP contribution in [-0.4, -0.2) is 18.0 Å². The maximum Gasteiger partial charge on any atom is 0.434 e. The van der Waals surface area contributed by atoms with Gasteiger partial charge in [-0.15, -0.1) is 11.3 Å². The van der Waals surface area contributed by atoms with Gasteiger partial charge in [0, 0.05) is 12.1 Å². The van der Waals surface area contributed by atoms with Crippen LogP contribution in [0.4, 0.5) is 13.2 Å². The Balaban J connectivity index is 2.11. The molecule has 1 N–H and O–H groups in total. The molecule has 8 heteroatoms. The van der Waals surface area contributed by atoms with Gasteiger partial charge in [0.1, 0.15) is 10.6 Å². The van der Waals surface area contributed by atoms with Crippen LogP contribution in [0.3, 0.4) is 0 Å². The summed E-state index contributed by atoms with van der Waals surface area (Å²) in [5.74, 6) is -0.256. The molecule has 112 valence electrons. The number of carbonyl (C=O) groups is 1. The summed E-state index contributed by atoms with van der Waals surface area (Å²) in [6.45, 7) is 0.0675. The second-order valence-corrected chi connectivity index (χ2v) is 4.88. The summed E-state index contributed by atoms with van der Waals surface area (Å²) in [7, 11) is 1.48. The van der Waals surface area contributed by atoms with E-state index >= 15 is 0 Å². The number of thiazole rings is 1. The van der Waals surface area contributed by atoms with Gasteiger partial charge in [-0.1, -0.05) is 18.2 Å². The van der Waals surface area contributed by atoms with Gasteiger partial charge >= 0.3 is 6.18 Å². The molecule has 1 amide bonds. The summed E-state index contributed by atoms with van der Waals surface area (Å²) >= 11 is 0.655. The van der Waals surface area contributed by atoms with Crippen LogP contribution in [0, 0.1) is 0 Å². The number of nitrogens with zero attached hydrogens (tertiary/aromatic N) is 1. The number of rotatable bonds is 4. The molecule has 0 saturated heterocycles. The molecule has 4 nitrogen and oxygen atoms in total. The number of para-hydroxylation sites is 1. The van der Waals surface area contributed by atoms with E-state index in [1.165, 1.54) is 7.11 Å². The lowest BCUT2D eigenvalue weighted by molar-refractivity contribution is -0.141. The predicted octanol–water partition coefficient (Wildman–Crippen LogP) is 3.10. The van der Waals surface area contributed by atoms with Crippen molar-refractivity contribution in [3.05, 3.63) is 45.9 Å². The van der Waals surface area contributed by atoms with Crippen LogP contribution in [-0.2, 0) is 12.7 Å². The number of amides is 1. The van der Waals surface area contributed by atoms with E-state index in [1.54, 1.807) is 24.3 Å². The zero-order valence-electron chi connectivity index (χ0n) is 10.9. The van der Waals surface area contributed by atoms with Crippen LogP contribution < -0.4 is 10.1 Å². The fourth-order valence-corrected chi connectivity index (χ4v) is 2.44. The molecule has 0 aliphatic carbocycles. The third-order valence-electron chi connectivity index (χ3n) is 2.67. The molecular weight excluding hydrogens is 305 g/mol. The Hall–Kier alpha value is -2.09. The Bertz CT molecular complexity index is 640. The SMILES string of the molecule is COc1ccccc1CNC(=O)c1scnc1C(F)(F)F. The minimum atomic E-state index is -4.64. The molecule has 2 aromatic rings. The van der Waals surface area contributed by atoms with Crippen LogP contribution in [0.25, 0.3) is 0 Å². The molecule has 1 aromatic heterocycles. The van der Waals surface area contributed by atoms with Crippen LogP contribution in [0.15, 0.2) is 29.8 Å². The maximum absolute atomic E-state index is 12.7. The lowest BCUT2D eigenvalue weighted by Gasteiger charge is -2.10. The topological polar surface area (TPSA) is 51.2 Å². The van der Waals surface area contributed by atoms with Crippen molar-refractivity contribution in [3.8, 4) is 5.75 Å². The van der Waals surface area contributed by atoms with E-state index in [9.17, 15) is 18.0 Å². The number of carbonyl (C=O) groups excluding carboxylic acids is 1. The first-order valence-electron chi connectivity index (χ1n) is 5.84. The van der Waals surface area contributed by atoms with Gasteiger partial charge in [0.2, 0.25) is 0 Å². The molecule has 1 aromatic carbocycles. The van der Waals surface area contributed by atoms with Crippen molar-refractivity contribution in [3.63, 3.8) is 0 Å². The molecule has 0 radical (unpaired) electrons. The van der Waals surface area contributed by atoms with Crippen molar-refractivity contribution in [1.82, 2.24) is 10.3 Å². The highest BCUT2D eigenvalue weighted by molar-refractivity contribution is 7.11. The largest absolute Gasteiger partial charge is 0.496 e. The number of nitrogens with one attached hydrogen (secondary N) is 1. The van der Waals surface area contributed by atoms with Crippen molar-refractivity contribution in [2.75, 3.05) is 7.11 Å². The smallest absolute Gasteiger partial charge is 0.434 e. The molecule has 0 spiro atoms. The second kappa shape index (κ2) is 6.13. The van der Waals surface area contributed by atoms with Crippen LogP contribution in [0.5, 0.6) is 5.75 Å². The Kier molecular flexibility index (Phi) is 4.46. The third-order valence-corrected chi connectivity index (χ3v) is 3.50. The van der Waals surface area contributed by atoms with E-state index in [2.05, 4.69) is 10.3 Å². The summed E-state index contributed by atoms with van der Waals surface area (Å²) in [5, 5.41) is 2.44. The van der Waals surface area contributed by atoms with Gasteiger partial charge in [0.05, 0.1) is 12.6 Å². The Morgan fingerprint density at radius 1 is 1.38 bits per heavy atom. The van der Waals surface area contributed by atoms with Gasteiger partial charge in [-0.25, -0.2) is 4.98 Å². The lowest BCUT2D eigenvalue weighted by Crippen LogP contribution is -2.25. The van der Waals surface area contributed by atoms with E-state index in [1.807, 2.05) is 0 Å². The number of hydrogen-bond donors (Lipinski definition) is 1. The maximum atomic E-state index is 12.7. The standard InChI is InChI=1S/C13H11F3N2O2S/c1-20-9-5-3-2-4-8(9)6-17-12(19)10-11(13(14,15)16)18-7-21-10/h2-5,7H,6H2,1H3,(H,17,19). The molecule has 0 aliphatic rings. The first kappa shape index (κ1) is 15.3. The van der Waals surface area contributed by atoms with Crippen LogP contribution >= 0.6 is 11.3 Å². The fourth-order valence-electron chi connectivity index (χ4n) is 1.71. The molecule has 0 saturated carbocycles. The number of methoxy groups -OCH3 is 1. The van der Waals surface area contributed by atoms with Gasteiger partial charge < -0.3 is 10.1 Å². The molecule has 0 bridgehead atoms. The highest BCUT2D eigenvalue weighted by Gasteiger charge is 2.38. The summed E-state index contributed by atoms with van der Waals surface area (Å²) < 4.78 is 43.1. The number of hydrogen-bond acceptors (Lipinski definition) is 4. The molecular formula is C13H11F3N2O2S. The van der Waals surface area contributed by atoms with Crippen molar-refractivity contribution >= 4 is 17.2 Å². The fraction of sp³-hybridized carbons (Fsp3) is 0.231. The monoisotopic (exact) mass is 316 g/mol. The number of benzene rings is 1. The zero-order chi connectivity index (χ0) is 15.5. The van der Waals surface area contributed by atoms with Crippen molar-refractivity contribution in [1.29, 1.82) is 0 Å². The van der Waals surface area contributed by atoms with E-state index in [0.29, 0.717) is 22.6 Å². The quantitative estimate of drug-likeness (QED) is 0.943. The second-order valence-electron chi connectivity index (χ2n) is 4.02. The summed E-state index contributed by atoms with van der Waals surface area (Å²) in [6, 6.07) is 6.93. The normalized spacial score (nSPS) is 11.2. The molecule has 0 unspecified atom stereocenters. The lowest BCUT2D eigenvalue weighted by atomic mass is 10.2. The molecule has 0 fully saturated rings. The number of halogens is 3. The average Bonchev–Trinajstić information content (AvgIpc) is 2.94. The van der Waals surface area contributed by atoms with Gasteiger partial charge in [-0.05, 0) is 6.07 Å².